The summed E-state index contributed by atoms with van der Waals surface area (Å²) in [7, 11) is 0. The van der Waals surface area contributed by atoms with Gasteiger partial charge in [0.2, 0.25) is 0 Å². The molecule has 2 aliphatic carbocycles. The first-order valence-electron chi connectivity index (χ1n) is 7.85. The van der Waals surface area contributed by atoms with E-state index in [4.69, 9.17) is 4.74 Å². The zero-order valence-corrected chi connectivity index (χ0v) is 12.6. The van der Waals surface area contributed by atoms with Crippen molar-refractivity contribution in [2.75, 3.05) is 19.6 Å². The van der Waals surface area contributed by atoms with Crippen LogP contribution in [-0.4, -0.2) is 36.6 Å². The monoisotopic (exact) mass is 265 g/mol. The van der Waals surface area contributed by atoms with E-state index < -0.39 is 0 Å². The molecular weight excluding hydrogens is 238 g/mol. The second-order valence-corrected chi connectivity index (χ2v) is 7.57. The van der Waals surface area contributed by atoms with Crippen LogP contribution >= 0.6 is 0 Å². The molecule has 0 aromatic carbocycles. The van der Waals surface area contributed by atoms with Gasteiger partial charge in [-0.1, -0.05) is 20.8 Å². The van der Waals surface area contributed by atoms with Crippen LogP contribution in [0.15, 0.2) is 0 Å². The van der Waals surface area contributed by atoms with Crippen LogP contribution in [0.5, 0.6) is 0 Å². The summed E-state index contributed by atoms with van der Waals surface area (Å²) in [5.74, 6) is 0.735. The second kappa shape index (κ2) is 4.47. The van der Waals surface area contributed by atoms with Crippen molar-refractivity contribution in [3.05, 3.63) is 0 Å². The molecule has 0 aromatic rings. The molecule has 1 aliphatic heterocycles. The van der Waals surface area contributed by atoms with E-state index >= 15 is 0 Å². The van der Waals surface area contributed by atoms with Crippen molar-refractivity contribution in [2.45, 2.75) is 59.0 Å². The van der Waals surface area contributed by atoms with Crippen LogP contribution in [-0.2, 0) is 9.53 Å². The van der Waals surface area contributed by atoms with E-state index in [2.05, 4.69) is 25.7 Å². The molecular formula is C16H27NO2. The zero-order chi connectivity index (χ0) is 13.7. The Balaban J connectivity index is 1.60. The summed E-state index contributed by atoms with van der Waals surface area (Å²) in [6.07, 6.45) is 6.20. The standard InChI is InChI=1S/C16H27NO2/c1-15(2)12-6-7-16(15,3)13(10-12)19-14(18)11-17-8-4-5-9-17/h12-13H,4-11H2,1-3H3/t12-,13+,16+/m0/s1. The lowest BCUT2D eigenvalue weighted by Gasteiger charge is -2.38. The summed E-state index contributed by atoms with van der Waals surface area (Å²) in [6.45, 7) is 9.67. The summed E-state index contributed by atoms with van der Waals surface area (Å²) in [5, 5.41) is 0. The maximum atomic E-state index is 12.1. The number of hydrogen-bond acceptors (Lipinski definition) is 3. The van der Waals surface area contributed by atoms with Gasteiger partial charge in [0.15, 0.2) is 0 Å². The lowest BCUT2D eigenvalue weighted by molar-refractivity contribution is -0.157. The van der Waals surface area contributed by atoms with Gasteiger partial charge in [0.1, 0.15) is 6.10 Å². The summed E-state index contributed by atoms with van der Waals surface area (Å²) in [6, 6.07) is 0. The third kappa shape index (κ3) is 2.01. The average Bonchev–Trinajstić information content (AvgIpc) is 2.95. The van der Waals surface area contributed by atoms with Crippen molar-refractivity contribution in [1.29, 1.82) is 0 Å². The SMILES string of the molecule is CC1(C)[C@H]2CC[C@]1(C)[C@H](OC(=O)CN1CCCC1)C2. The molecule has 19 heavy (non-hydrogen) atoms. The first kappa shape index (κ1) is 13.4. The molecule has 108 valence electrons. The Morgan fingerprint density at radius 2 is 1.95 bits per heavy atom. The maximum Gasteiger partial charge on any atom is 0.320 e. The Hall–Kier alpha value is -0.570. The first-order chi connectivity index (χ1) is 8.93. The van der Waals surface area contributed by atoms with Gasteiger partial charge in [0, 0.05) is 5.41 Å². The molecule has 0 spiro atoms. The highest BCUT2D eigenvalue weighted by atomic mass is 16.5. The lowest BCUT2D eigenvalue weighted by atomic mass is 9.70. The van der Waals surface area contributed by atoms with E-state index in [9.17, 15) is 4.79 Å². The fraction of sp³-hybridized carbons (Fsp3) is 0.938. The minimum Gasteiger partial charge on any atom is -0.461 e. The van der Waals surface area contributed by atoms with Gasteiger partial charge >= 0.3 is 5.97 Å². The fourth-order valence-electron chi connectivity index (χ4n) is 4.63. The molecule has 0 N–H and O–H groups in total. The molecule has 0 unspecified atom stereocenters. The minimum absolute atomic E-state index is 0.00326. The Kier molecular flexibility index (Phi) is 3.16. The fourth-order valence-corrected chi connectivity index (χ4v) is 4.63. The Labute approximate surface area is 116 Å². The van der Waals surface area contributed by atoms with Gasteiger partial charge in [-0.25, -0.2) is 0 Å². The third-order valence-corrected chi connectivity index (χ3v) is 6.54. The highest BCUT2D eigenvalue weighted by Crippen LogP contribution is 2.66. The number of hydrogen-bond donors (Lipinski definition) is 0. The molecule has 0 amide bonds. The minimum atomic E-state index is -0.00326. The van der Waals surface area contributed by atoms with Crippen LogP contribution in [0.4, 0.5) is 0 Å². The molecule has 3 aliphatic rings. The molecule has 2 bridgehead atoms. The van der Waals surface area contributed by atoms with E-state index in [-0.39, 0.29) is 17.5 Å². The number of nitrogens with zero attached hydrogens (tertiary/aromatic N) is 1. The quantitative estimate of drug-likeness (QED) is 0.735. The second-order valence-electron chi connectivity index (χ2n) is 7.57. The molecule has 0 radical (unpaired) electrons. The number of carbonyl (C=O) groups excluding carboxylic acids is 1. The van der Waals surface area contributed by atoms with Gasteiger partial charge in [-0.2, -0.15) is 0 Å². The van der Waals surface area contributed by atoms with E-state index in [0.717, 1.165) is 25.4 Å². The van der Waals surface area contributed by atoms with Crippen molar-refractivity contribution in [2.24, 2.45) is 16.7 Å². The predicted octanol–water partition coefficient (Wildman–Crippen LogP) is 2.84. The van der Waals surface area contributed by atoms with Crippen LogP contribution in [0.2, 0.25) is 0 Å². The molecule has 2 saturated carbocycles. The lowest BCUT2D eigenvalue weighted by Crippen LogP contribution is -2.40. The Morgan fingerprint density at radius 3 is 2.47 bits per heavy atom. The van der Waals surface area contributed by atoms with Gasteiger partial charge in [-0.15, -0.1) is 0 Å². The molecule has 1 saturated heterocycles. The number of fused-ring (bicyclic) bond motifs is 2. The largest absolute Gasteiger partial charge is 0.461 e. The molecule has 3 fully saturated rings. The van der Waals surface area contributed by atoms with Crippen LogP contribution in [0.3, 0.4) is 0 Å². The number of carbonyl (C=O) groups is 1. The molecule has 3 heteroatoms. The van der Waals surface area contributed by atoms with E-state index in [1.165, 1.54) is 25.7 Å². The highest BCUT2D eigenvalue weighted by Gasteiger charge is 2.62. The van der Waals surface area contributed by atoms with Crippen molar-refractivity contribution >= 4 is 5.97 Å². The first-order valence-corrected chi connectivity index (χ1v) is 7.85. The Morgan fingerprint density at radius 1 is 1.26 bits per heavy atom. The van der Waals surface area contributed by atoms with Crippen molar-refractivity contribution in [3.8, 4) is 0 Å². The zero-order valence-electron chi connectivity index (χ0n) is 12.6. The van der Waals surface area contributed by atoms with Gasteiger partial charge < -0.3 is 4.74 Å². The summed E-state index contributed by atoms with van der Waals surface area (Å²) >= 11 is 0. The summed E-state index contributed by atoms with van der Waals surface area (Å²) < 4.78 is 5.87. The van der Waals surface area contributed by atoms with E-state index in [1.807, 2.05) is 0 Å². The number of esters is 1. The maximum absolute atomic E-state index is 12.1. The highest BCUT2D eigenvalue weighted by molar-refractivity contribution is 5.72. The average molecular weight is 265 g/mol. The van der Waals surface area contributed by atoms with E-state index in [1.54, 1.807) is 0 Å². The Bertz CT molecular complexity index is 373. The number of rotatable bonds is 3. The van der Waals surface area contributed by atoms with Gasteiger partial charge in [-0.05, 0) is 56.5 Å². The molecule has 0 aromatic heterocycles. The summed E-state index contributed by atoms with van der Waals surface area (Å²) in [4.78, 5) is 14.3. The molecule has 3 atom stereocenters. The van der Waals surface area contributed by atoms with Crippen molar-refractivity contribution in [3.63, 3.8) is 0 Å². The summed E-state index contributed by atoms with van der Waals surface area (Å²) in [5.41, 5.74) is 0.518. The van der Waals surface area contributed by atoms with Crippen LogP contribution in [0.1, 0.15) is 52.9 Å². The van der Waals surface area contributed by atoms with Crippen molar-refractivity contribution < 1.29 is 9.53 Å². The predicted molar refractivity (Wildman–Crippen MR) is 74.8 cm³/mol. The number of ether oxygens (including phenoxy) is 1. The molecule has 3 rings (SSSR count). The normalized spacial score (nSPS) is 40.8. The topological polar surface area (TPSA) is 29.5 Å². The smallest absolute Gasteiger partial charge is 0.320 e. The van der Waals surface area contributed by atoms with Crippen molar-refractivity contribution in [1.82, 2.24) is 4.90 Å². The van der Waals surface area contributed by atoms with Crippen LogP contribution < -0.4 is 0 Å². The van der Waals surface area contributed by atoms with Crippen LogP contribution in [0, 0.1) is 16.7 Å². The van der Waals surface area contributed by atoms with Gasteiger partial charge in [0.25, 0.3) is 0 Å². The van der Waals surface area contributed by atoms with Gasteiger partial charge in [0.05, 0.1) is 6.54 Å². The number of likely N-dealkylation sites (tertiary alicyclic amines) is 1. The third-order valence-electron chi connectivity index (χ3n) is 6.54. The molecule has 1 heterocycles. The van der Waals surface area contributed by atoms with Crippen LogP contribution in [0.25, 0.3) is 0 Å². The van der Waals surface area contributed by atoms with Gasteiger partial charge in [-0.3, -0.25) is 9.69 Å². The van der Waals surface area contributed by atoms with E-state index in [0.29, 0.717) is 12.0 Å². The molecule has 3 nitrogen and oxygen atoms in total.